The number of carbonyl (C=O) groups excluding carboxylic acids is 3. The Bertz CT molecular complexity index is 939. The summed E-state index contributed by atoms with van der Waals surface area (Å²) in [6, 6.07) is 24.2. The van der Waals surface area contributed by atoms with Crippen LogP contribution in [-0.2, 0) is 19.5 Å². The first-order chi connectivity index (χ1) is 15.9. The Labute approximate surface area is 209 Å². The second-order valence-electron chi connectivity index (χ2n) is 5.85. The second kappa shape index (κ2) is 18.4. The molecular weight excluding hydrogens is 527 g/mol. The van der Waals surface area contributed by atoms with Gasteiger partial charge in [0.25, 0.3) is 0 Å². The van der Waals surface area contributed by atoms with E-state index in [0.717, 1.165) is 0 Å². The Morgan fingerprint density at radius 3 is 0.765 bits per heavy atom. The number of aromatic carboxylic acids is 3. The van der Waals surface area contributed by atoms with E-state index in [1.54, 1.807) is 79.4 Å². The minimum atomic E-state index is -1.13. The van der Waals surface area contributed by atoms with Crippen molar-refractivity contribution in [3.63, 3.8) is 0 Å². The summed E-state index contributed by atoms with van der Waals surface area (Å²) in [7, 11) is 0. The monoisotopic (exact) mass is 546 g/mol. The van der Waals surface area contributed by atoms with Gasteiger partial charge >= 0.3 is 19.5 Å². The van der Waals surface area contributed by atoms with Gasteiger partial charge in [-0.25, -0.2) is 0 Å². The SMILES string of the molecule is O=C([O-])c1ccccc1.O=C([O-])c1ccccc1.O=C([O-])c1ccccc1.[Rh+3].c1cnccn1. The van der Waals surface area contributed by atoms with Crippen molar-refractivity contribution in [3.05, 3.63) is 132 Å². The molecule has 0 bridgehead atoms. The fourth-order valence-corrected chi connectivity index (χ4v) is 1.98. The summed E-state index contributed by atoms with van der Waals surface area (Å²) >= 11 is 0. The molecule has 0 radical (unpaired) electrons. The van der Waals surface area contributed by atoms with Crippen LogP contribution in [0.5, 0.6) is 0 Å². The molecule has 0 fully saturated rings. The van der Waals surface area contributed by atoms with Crippen LogP contribution in [0.2, 0.25) is 0 Å². The van der Waals surface area contributed by atoms with Crippen molar-refractivity contribution < 1.29 is 49.2 Å². The molecule has 0 spiro atoms. The third kappa shape index (κ3) is 14.0. The topological polar surface area (TPSA) is 146 Å². The van der Waals surface area contributed by atoms with E-state index in [2.05, 4.69) is 9.97 Å². The van der Waals surface area contributed by atoms with Crippen molar-refractivity contribution in [2.75, 3.05) is 0 Å². The van der Waals surface area contributed by atoms with Crippen molar-refractivity contribution in [1.82, 2.24) is 9.97 Å². The summed E-state index contributed by atoms with van der Waals surface area (Å²) in [6.45, 7) is 0. The third-order valence-electron chi connectivity index (χ3n) is 3.51. The Morgan fingerprint density at radius 2 is 0.647 bits per heavy atom. The average molecular weight is 546 g/mol. The van der Waals surface area contributed by atoms with Crippen LogP contribution in [0, 0.1) is 0 Å². The summed E-state index contributed by atoms with van der Waals surface area (Å²) in [4.78, 5) is 37.7. The maximum absolute atomic E-state index is 10.1. The van der Waals surface area contributed by atoms with Gasteiger partial charge in [0.15, 0.2) is 0 Å². The Balaban J connectivity index is 0.000000427. The van der Waals surface area contributed by atoms with Gasteiger partial charge in [-0.15, -0.1) is 0 Å². The molecular formula is C25H19N2O6Rh. The fraction of sp³-hybridized carbons (Fsp3) is 0. The van der Waals surface area contributed by atoms with Gasteiger partial charge in [-0.3, -0.25) is 9.97 Å². The van der Waals surface area contributed by atoms with E-state index < -0.39 is 17.9 Å². The molecule has 1 heterocycles. The second-order valence-corrected chi connectivity index (χ2v) is 5.85. The van der Waals surface area contributed by atoms with Crippen LogP contribution in [0.15, 0.2) is 116 Å². The van der Waals surface area contributed by atoms with Crippen molar-refractivity contribution in [2.24, 2.45) is 0 Å². The van der Waals surface area contributed by atoms with E-state index in [4.69, 9.17) is 0 Å². The maximum atomic E-state index is 10.1. The van der Waals surface area contributed by atoms with Crippen LogP contribution in [-0.4, -0.2) is 27.9 Å². The summed E-state index contributed by atoms with van der Waals surface area (Å²) in [6.07, 6.45) is 6.56. The van der Waals surface area contributed by atoms with Gasteiger partial charge in [0.1, 0.15) is 0 Å². The van der Waals surface area contributed by atoms with Crippen molar-refractivity contribution in [2.45, 2.75) is 0 Å². The number of carboxylic acid groups (broad SMARTS) is 3. The molecule has 4 rings (SSSR count). The number of hydrogen-bond donors (Lipinski definition) is 0. The van der Waals surface area contributed by atoms with Gasteiger partial charge in [0, 0.05) is 24.8 Å². The number of carboxylic acids is 3. The average Bonchev–Trinajstić information content (AvgIpc) is 2.88. The molecule has 0 unspecified atom stereocenters. The van der Waals surface area contributed by atoms with Crippen molar-refractivity contribution >= 4 is 17.9 Å². The molecule has 0 saturated heterocycles. The number of benzene rings is 3. The standard InChI is InChI=1S/3C7H6O2.C4H4N2.Rh/c3*8-7(9)6-4-2-1-3-5-6;1-2-6-4-3-5-1;/h3*1-5H,(H,8,9);1-4H;/q;;;;+3/p-3. The maximum Gasteiger partial charge on any atom is 3.00 e. The predicted molar refractivity (Wildman–Crippen MR) is 114 cm³/mol. The van der Waals surface area contributed by atoms with Crippen LogP contribution >= 0.6 is 0 Å². The fourth-order valence-electron chi connectivity index (χ4n) is 1.98. The first-order valence-electron chi connectivity index (χ1n) is 9.41. The van der Waals surface area contributed by atoms with Gasteiger partial charge < -0.3 is 29.7 Å². The number of carbonyl (C=O) groups is 3. The molecule has 4 aromatic rings. The largest absolute Gasteiger partial charge is 3.00 e. The van der Waals surface area contributed by atoms with E-state index in [1.807, 2.05) is 0 Å². The summed E-state index contributed by atoms with van der Waals surface area (Å²) < 4.78 is 0. The molecule has 0 aliphatic carbocycles. The molecule has 0 aliphatic rings. The van der Waals surface area contributed by atoms with Gasteiger partial charge in [-0.1, -0.05) is 91.0 Å². The van der Waals surface area contributed by atoms with Crippen molar-refractivity contribution in [3.8, 4) is 0 Å². The van der Waals surface area contributed by atoms with Crippen LogP contribution in [0.3, 0.4) is 0 Å². The normalized spacial score (nSPS) is 8.47. The Kier molecular flexibility index (Phi) is 16.1. The Morgan fingerprint density at radius 1 is 0.441 bits per heavy atom. The third-order valence-corrected chi connectivity index (χ3v) is 3.51. The minimum absolute atomic E-state index is 0. The molecule has 0 N–H and O–H groups in total. The zero-order valence-electron chi connectivity index (χ0n) is 17.6. The van der Waals surface area contributed by atoms with Crippen LogP contribution < -0.4 is 15.3 Å². The summed E-state index contributed by atoms with van der Waals surface area (Å²) in [5, 5.41) is 30.3. The summed E-state index contributed by atoms with van der Waals surface area (Å²) in [5.41, 5.74) is 0.660. The van der Waals surface area contributed by atoms with E-state index in [1.165, 1.54) is 36.4 Å². The van der Waals surface area contributed by atoms with Gasteiger partial charge in [-0.2, -0.15) is 0 Å². The molecule has 1 aromatic heterocycles. The molecule has 0 saturated carbocycles. The first-order valence-corrected chi connectivity index (χ1v) is 9.41. The summed E-state index contributed by atoms with van der Waals surface area (Å²) in [5.74, 6) is -3.39. The first kappa shape index (κ1) is 29.8. The quantitative estimate of drug-likeness (QED) is 0.340. The minimum Gasteiger partial charge on any atom is -0.545 e. The number of nitrogens with zero attached hydrogens (tertiary/aromatic N) is 2. The van der Waals surface area contributed by atoms with E-state index in [9.17, 15) is 29.7 Å². The Hall–Kier alpha value is -4.23. The van der Waals surface area contributed by atoms with Crippen LogP contribution in [0.4, 0.5) is 0 Å². The molecule has 3 aromatic carbocycles. The number of rotatable bonds is 3. The zero-order chi connectivity index (χ0) is 24.3. The van der Waals surface area contributed by atoms with Gasteiger partial charge in [0.2, 0.25) is 0 Å². The smallest absolute Gasteiger partial charge is 0.545 e. The molecule has 0 aliphatic heterocycles. The van der Waals surface area contributed by atoms with E-state index >= 15 is 0 Å². The van der Waals surface area contributed by atoms with Crippen molar-refractivity contribution in [1.29, 1.82) is 0 Å². The predicted octanol–water partition coefficient (Wildman–Crippen LogP) is 0.624. The molecule has 34 heavy (non-hydrogen) atoms. The van der Waals surface area contributed by atoms with E-state index in [0.29, 0.717) is 0 Å². The number of aromatic nitrogens is 2. The number of hydrogen-bond acceptors (Lipinski definition) is 8. The zero-order valence-corrected chi connectivity index (χ0v) is 19.3. The molecule has 0 amide bonds. The molecule has 0 atom stereocenters. The van der Waals surface area contributed by atoms with Crippen LogP contribution in [0.1, 0.15) is 31.1 Å². The molecule has 9 heteroatoms. The van der Waals surface area contributed by atoms with E-state index in [-0.39, 0.29) is 36.2 Å². The molecule has 174 valence electrons. The molecule has 8 nitrogen and oxygen atoms in total. The van der Waals surface area contributed by atoms with Gasteiger partial charge in [0.05, 0.1) is 17.9 Å². The van der Waals surface area contributed by atoms with Crippen LogP contribution in [0.25, 0.3) is 0 Å². The van der Waals surface area contributed by atoms with Gasteiger partial charge in [-0.05, 0) is 16.7 Å².